The Balaban J connectivity index is 1.92. The van der Waals surface area contributed by atoms with Gasteiger partial charge in [-0.15, -0.1) is 0 Å². The van der Waals surface area contributed by atoms with E-state index in [9.17, 15) is 0 Å². The minimum Gasteiger partial charge on any atom is -0.338 e. The van der Waals surface area contributed by atoms with Gasteiger partial charge in [-0.3, -0.25) is 9.67 Å². The molecule has 0 saturated carbocycles. The lowest BCUT2D eigenvalue weighted by Crippen LogP contribution is -2.01. The van der Waals surface area contributed by atoms with Gasteiger partial charge in [-0.05, 0) is 32.4 Å². The zero-order valence-electron chi connectivity index (χ0n) is 13.6. The number of aryl methyl sites for hydroxylation is 1. The van der Waals surface area contributed by atoms with E-state index in [2.05, 4.69) is 46.1 Å². The van der Waals surface area contributed by atoms with Crippen molar-refractivity contribution >= 4 is 11.5 Å². The maximum absolute atomic E-state index is 4.61. The van der Waals surface area contributed by atoms with Crippen molar-refractivity contribution in [2.45, 2.75) is 33.2 Å². The normalized spacial score (nSPS) is 11.0. The number of hydrogen-bond acceptors (Lipinski definition) is 5. The van der Waals surface area contributed by atoms with Crippen molar-refractivity contribution in [2.24, 2.45) is 0 Å². The molecule has 23 heavy (non-hydrogen) atoms. The molecule has 118 valence electrons. The lowest BCUT2D eigenvalue weighted by Gasteiger charge is -2.08. The molecule has 3 heterocycles. The summed E-state index contributed by atoms with van der Waals surface area (Å²) in [4.78, 5) is 13.3. The summed E-state index contributed by atoms with van der Waals surface area (Å²) in [7, 11) is 0. The maximum atomic E-state index is 4.61. The predicted molar refractivity (Wildman–Crippen MR) is 90.5 cm³/mol. The second-order valence-corrected chi connectivity index (χ2v) is 5.59. The van der Waals surface area contributed by atoms with E-state index < -0.39 is 0 Å². The van der Waals surface area contributed by atoms with Gasteiger partial charge < -0.3 is 5.32 Å². The summed E-state index contributed by atoms with van der Waals surface area (Å²) in [5, 5.41) is 7.65. The molecule has 0 saturated heterocycles. The smallest absolute Gasteiger partial charge is 0.161 e. The third kappa shape index (κ3) is 3.53. The number of nitrogens with zero attached hydrogens (tertiary/aromatic N) is 5. The van der Waals surface area contributed by atoms with Gasteiger partial charge in [0.15, 0.2) is 5.82 Å². The van der Waals surface area contributed by atoms with Crippen LogP contribution in [0, 0.1) is 0 Å². The Bertz CT molecular complexity index is 779. The molecule has 0 aromatic carbocycles. The van der Waals surface area contributed by atoms with Crippen LogP contribution in [0.5, 0.6) is 0 Å². The van der Waals surface area contributed by atoms with Crippen molar-refractivity contribution in [3.63, 3.8) is 0 Å². The molecule has 3 rings (SSSR count). The topological polar surface area (TPSA) is 68.5 Å². The number of aromatic nitrogens is 5. The summed E-state index contributed by atoms with van der Waals surface area (Å²) in [6.07, 6.45) is 8.12. The minimum atomic E-state index is 0.328. The Hall–Kier alpha value is -2.76. The fourth-order valence-electron chi connectivity index (χ4n) is 2.21. The molecule has 0 aliphatic heterocycles. The van der Waals surface area contributed by atoms with E-state index >= 15 is 0 Å². The molecule has 6 heteroatoms. The molecular weight excluding hydrogens is 288 g/mol. The molecule has 6 nitrogen and oxygen atoms in total. The van der Waals surface area contributed by atoms with Crippen LogP contribution < -0.4 is 5.32 Å². The second-order valence-electron chi connectivity index (χ2n) is 5.59. The van der Waals surface area contributed by atoms with Crippen LogP contribution in [-0.2, 0) is 6.42 Å². The van der Waals surface area contributed by atoms with Gasteiger partial charge in [0.1, 0.15) is 5.82 Å². The van der Waals surface area contributed by atoms with Crippen molar-refractivity contribution in [2.75, 3.05) is 5.32 Å². The highest BCUT2D eigenvalue weighted by molar-refractivity contribution is 5.60. The summed E-state index contributed by atoms with van der Waals surface area (Å²) in [5.41, 5.74) is 2.86. The SMILES string of the molecule is CCc1cc(Nc2cnn(C(C)C)c2)nc(-c2ccncc2)n1. The van der Waals surface area contributed by atoms with Gasteiger partial charge in [-0.1, -0.05) is 6.92 Å². The average molecular weight is 308 g/mol. The molecule has 3 aromatic rings. The largest absolute Gasteiger partial charge is 0.338 e. The molecule has 0 unspecified atom stereocenters. The van der Waals surface area contributed by atoms with E-state index in [1.807, 2.05) is 29.1 Å². The van der Waals surface area contributed by atoms with Gasteiger partial charge in [0.25, 0.3) is 0 Å². The monoisotopic (exact) mass is 308 g/mol. The van der Waals surface area contributed by atoms with Crippen LogP contribution in [0.4, 0.5) is 11.5 Å². The van der Waals surface area contributed by atoms with E-state index in [0.717, 1.165) is 29.2 Å². The lowest BCUT2D eigenvalue weighted by molar-refractivity contribution is 0.532. The van der Waals surface area contributed by atoms with Crippen molar-refractivity contribution in [1.82, 2.24) is 24.7 Å². The quantitative estimate of drug-likeness (QED) is 0.779. The van der Waals surface area contributed by atoms with Crippen LogP contribution in [0.1, 0.15) is 32.5 Å². The van der Waals surface area contributed by atoms with Gasteiger partial charge in [0.2, 0.25) is 0 Å². The molecule has 3 aromatic heterocycles. The minimum absolute atomic E-state index is 0.328. The highest BCUT2D eigenvalue weighted by Crippen LogP contribution is 2.21. The molecule has 0 radical (unpaired) electrons. The summed E-state index contributed by atoms with van der Waals surface area (Å²) in [5.74, 6) is 1.47. The number of pyridine rings is 1. The van der Waals surface area contributed by atoms with Gasteiger partial charge in [0, 0.05) is 42.0 Å². The maximum Gasteiger partial charge on any atom is 0.161 e. The fourth-order valence-corrected chi connectivity index (χ4v) is 2.21. The predicted octanol–water partition coefficient (Wildman–Crippen LogP) is 3.62. The summed E-state index contributed by atoms with van der Waals surface area (Å²) >= 11 is 0. The van der Waals surface area contributed by atoms with Gasteiger partial charge in [-0.2, -0.15) is 5.10 Å². The third-order valence-corrected chi connectivity index (χ3v) is 3.48. The summed E-state index contributed by atoms with van der Waals surface area (Å²) in [6.45, 7) is 6.27. The van der Waals surface area contributed by atoms with Crippen LogP contribution in [0.15, 0.2) is 43.0 Å². The van der Waals surface area contributed by atoms with Gasteiger partial charge >= 0.3 is 0 Å². The highest BCUT2D eigenvalue weighted by atomic mass is 15.3. The standard InChI is InChI=1S/C17H20N6/c1-4-14-9-16(20-15-10-19-23(11-15)12(2)3)22-17(21-14)13-5-7-18-8-6-13/h5-12H,4H2,1-3H3,(H,20,21,22). The summed E-state index contributed by atoms with van der Waals surface area (Å²) in [6, 6.07) is 6.12. The first-order valence-electron chi connectivity index (χ1n) is 7.75. The van der Waals surface area contributed by atoms with Crippen molar-refractivity contribution in [3.8, 4) is 11.4 Å². The molecular formula is C17H20N6. The van der Waals surface area contributed by atoms with Crippen molar-refractivity contribution in [1.29, 1.82) is 0 Å². The summed E-state index contributed by atoms with van der Waals surface area (Å²) < 4.78 is 1.91. The Morgan fingerprint density at radius 2 is 1.96 bits per heavy atom. The molecule has 0 atom stereocenters. The Kier molecular flexibility index (Phi) is 4.32. The van der Waals surface area contributed by atoms with Crippen molar-refractivity contribution < 1.29 is 0 Å². The Labute approximate surface area is 135 Å². The van der Waals surface area contributed by atoms with E-state index in [1.165, 1.54) is 0 Å². The highest BCUT2D eigenvalue weighted by Gasteiger charge is 2.08. The third-order valence-electron chi connectivity index (χ3n) is 3.48. The molecule has 1 N–H and O–H groups in total. The van der Waals surface area contributed by atoms with Crippen LogP contribution in [-0.4, -0.2) is 24.7 Å². The first-order valence-corrected chi connectivity index (χ1v) is 7.75. The fraction of sp³-hybridized carbons (Fsp3) is 0.294. The van der Waals surface area contributed by atoms with Crippen LogP contribution in [0.25, 0.3) is 11.4 Å². The first-order chi connectivity index (χ1) is 11.2. The number of hydrogen-bond donors (Lipinski definition) is 1. The zero-order valence-corrected chi connectivity index (χ0v) is 13.6. The van der Waals surface area contributed by atoms with E-state index in [4.69, 9.17) is 0 Å². The lowest BCUT2D eigenvalue weighted by atomic mass is 10.2. The Morgan fingerprint density at radius 1 is 1.17 bits per heavy atom. The van der Waals surface area contributed by atoms with Crippen LogP contribution in [0.2, 0.25) is 0 Å². The van der Waals surface area contributed by atoms with Crippen LogP contribution >= 0.6 is 0 Å². The van der Waals surface area contributed by atoms with Crippen LogP contribution in [0.3, 0.4) is 0 Å². The number of rotatable bonds is 5. The number of anilines is 2. The molecule has 0 aliphatic rings. The van der Waals surface area contributed by atoms with E-state index in [0.29, 0.717) is 11.9 Å². The number of nitrogens with one attached hydrogen (secondary N) is 1. The van der Waals surface area contributed by atoms with E-state index in [-0.39, 0.29) is 0 Å². The van der Waals surface area contributed by atoms with Gasteiger partial charge in [0.05, 0.1) is 11.9 Å². The molecule has 0 amide bonds. The second kappa shape index (κ2) is 6.56. The molecule has 0 spiro atoms. The molecule has 0 fully saturated rings. The molecule has 0 bridgehead atoms. The molecule has 0 aliphatic carbocycles. The van der Waals surface area contributed by atoms with Gasteiger partial charge in [-0.25, -0.2) is 9.97 Å². The zero-order chi connectivity index (χ0) is 16.2. The van der Waals surface area contributed by atoms with E-state index in [1.54, 1.807) is 18.6 Å². The Morgan fingerprint density at radius 3 is 2.61 bits per heavy atom. The average Bonchev–Trinajstić information content (AvgIpc) is 3.04. The first kappa shape index (κ1) is 15.1. The van der Waals surface area contributed by atoms with Crippen molar-refractivity contribution in [3.05, 3.63) is 48.7 Å².